The van der Waals surface area contributed by atoms with Crippen molar-refractivity contribution in [3.63, 3.8) is 0 Å². The third kappa shape index (κ3) is 3.00. The van der Waals surface area contributed by atoms with Crippen LogP contribution in [0, 0.1) is 5.63 Å². The van der Waals surface area contributed by atoms with E-state index in [2.05, 4.69) is 23.2 Å². The Labute approximate surface area is 48.2 Å². The molecule has 1 radical (unpaired) electrons. The minimum Gasteiger partial charge on any atom is -0.212 e. The number of halogens is 5. The second-order valence-electron chi connectivity index (χ2n) is 0.758. The number of hydrogen-bond donors (Lipinski definition) is 0. The van der Waals surface area contributed by atoms with Gasteiger partial charge in [0.1, 0.15) is 0 Å². The van der Waals surface area contributed by atoms with E-state index >= 15 is 0 Å². The molecule has 0 aromatic carbocycles. The molecular weight excluding hydrogens is 152 g/mol. The molecule has 0 amide bonds. The molecule has 0 unspecified atom stereocenters. The predicted molar refractivity (Wildman–Crippen MR) is 21.0 cm³/mol. The third-order valence-electron chi connectivity index (χ3n) is 0.214. The van der Waals surface area contributed by atoms with Gasteiger partial charge in [-0.1, -0.05) is 11.6 Å². The van der Waals surface area contributed by atoms with Crippen LogP contribution in [0.3, 0.4) is 0 Å². The van der Waals surface area contributed by atoms with Crippen molar-refractivity contribution in [2.24, 2.45) is 0 Å². The zero-order valence-electron chi connectivity index (χ0n) is 2.89. The van der Waals surface area contributed by atoms with Crippen LogP contribution in [0.5, 0.6) is 0 Å². The predicted octanol–water partition coefficient (Wildman–Crippen LogP) is 2.52. The van der Waals surface area contributed by atoms with E-state index in [0.717, 1.165) is 0 Å². The summed E-state index contributed by atoms with van der Waals surface area (Å²) >= 11 is 8.11. The highest BCUT2D eigenvalue weighted by atomic mass is 35.5. The molecule has 0 nitrogen and oxygen atoms in total. The summed E-state index contributed by atoms with van der Waals surface area (Å²) in [6.45, 7) is 0. The molecule has 0 aliphatic rings. The van der Waals surface area contributed by atoms with Crippen molar-refractivity contribution in [2.45, 2.75) is 5.38 Å². The summed E-state index contributed by atoms with van der Waals surface area (Å²) in [5.74, 6) is 0. The molecule has 0 rings (SSSR count). The number of rotatable bonds is 1. The first-order chi connectivity index (χ1) is 2.94. The Morgan fingerprint density at radius 2 is 1.57 bits per heavy atom. The second kappa shape index (κ2) is 2.09. The van der Waals surface area contributed by atoms with Gasteiger partial charge in [0.25, 0.3) is 0 Å². The van der Waals surface area contributed by atoms with Crippen molar-refractivity contribution in [2.75, 3.05) is 0 Å². The van der Waals surface area contributed by atoms with Crippen LogP contribution < -0.4 is 0 Å². The molecule has 43 valence electrons. The van der Waals surface area contributed by atoms with Gasteiger partial charge in [-0.3, -0.25) is 0 Å². The van der Waals surface area contributed by atoms with Gasteiger partial charge in [-0.15, -0.1) is 0 Å². The molecular formula is C2Cl2F3. The highest BCUT2D eigenvalue weighted by Gasteiger charge is 2.37. The summed E-state index contributed by atoms with van der Waals surface area (Å²) in [6, 6.07) is 0. The fraction of sp³-hybridized carbons (Fsp3) is 0.500. The molecule has 0 aromatic rings. The molecule has 0 N–H and O–H groups in total. The Morgan fingerprint density at radius 3 is 1.57 bits per heavy atom. The van der Waals surface area contributed by atoms with Crippen LogP contribution in [0.4, 0.5) is 13.2 Å². The molecule has 0 spiro atoms. The fourth-order valence-corrected chi connectivity index (χ4v) is 0. The van der Waals surface area contributed by atoms with Crippen LogP contribution >= 0.6 is 23.2 Å². The topological polar surface area (TPSA) is 0 Å². The summed E-state index contributed by atoms with van der Waals surface area (Å²) in [5, 5.41) is -4.01. The molecule has 0 saturated heterocycles. The summed E-state index contributed by atoms with van der Waals surface area (Å²) in [6.07, 6.45) is 0. The van der Waals surface area contributed by atoms with Gasteiger partial charge in [0.15, 0.2) is 0 Å². The summed E-state index contributed by atoms with van der Waals surface area (Å²) in [7, 11) is 0. The highest BCUT2D eigenvalue weighted by molar-refractivity contribution is 6.34. The first-order valence-corrected chi connectivity index (χ1v) is 1.95. The van der Waals surface area contributed by atoms with Crippen molar-refractivity contribution in [3.05, 3.63) is 5.63 Å². The summed E-state index contributed by atoms with van der Waals surface area (Å²) in [4.78, 5) is 0. The van der Waals surface area contributed by atoms with E-state index in [1.165, 1.54) is 0 Å². The normalized spacial score (nSPS) is 12.9. The zero-order valence-corrected chi connectivity index (χ0v) is 4.40. The summed E-state index contributed by atoms with van der Waals surface area (Å²) in [5.41, 5.74) is -2.10. The van der Waals surface area contributed by atoms with Gasteiger partial charge in [-0.2, -0.15) is 8.78 Å². The van der Waals surface area contributed by atoms with Crippen molar-refractivity contribution >= 4 is 23.2 Å². The average molecular weight is 152 g/mol. The Kier molecular flexibility index (Phi) is 2.20. The van der Waals surface area contributed by atoms with Gasteiger partial charge in [0, 0.05) is 0 Å². The molecule has 0 saturated carbocycles. The molecule has 5 heteroatoms. The lowest BCUT2D eigenvalue weighted by atomic mass is 10.8. The average Bonchev–Trinajstić information content (AvgIpc) is 1.31. The number of hydrogen-bond acceptors (Lipinski definition) is 0. The van der Waals surface area contributed by atoms with Crippen LogP contribution in [-0.4, -0.2) is 5.38 Å². The van der Waals surface area contributed by atoms with Crippen LogP contribution in [0.25, 0.3) is 0 Å². The van der Waals surface area contributed by atoms with Crippen LogP contribution in [-0.2, 0) is 0 Å². The molecule has 0 atom stereocenters. The molecule has 0 aliphatic carbocycles. The van der Waals surface area contributed by atoms with E-state index in [4.69, 9.17) is 0 Å². The molecule has 0 aliphatic heterocycles. The van der Waals surface area contributed by atoms with E-state index in [1.807, 2.05) is 0 Å². The SMILES string of the molecule is F[C](Cl)C(F)(F)Cl. The van der Waals surface area contributed by atoms with Crippen molar-refractivity contribution in [1.82, 2.24) is 0 Å². The Hall–Kier alpha value is 0.370. The van der Waals surface area contributed by atoms with E-state index in [1.54, 1.807) is 0 Å². The minimum atomic E-state index is -4.01. The van der Waals surface area contributed by atoms with Crippen molar-refractivity contribution in [3.8, 4) is 0 Å². The first-order valence-electron chi connectivity index (χ1n) is 1.19. The summed E-state index contributed by atoms with van der Waals surface area (Å²) < 4.78 is 33.1. The van der Waals surface area contributed by atoms with Gasteiger partial charge in [0.2, 0.25) is 0 Å². The van der Waals surface area contributed by atoms with Crippen molar-refractivity contribution in [1.29, 1.82) is 0 Å². The van der Waals surface area contributed by atoms with Crippen LogP contribution in [0.2, 0.25) is 0 Å². The van der Waals surface area contributed by atoms with Gasteiger partial charge in [0.05, 0.1) is 0 Å². The molecule has 7 heavy (non-hydrogen) atoms. The van der Waals surface area contributed by atoms with E-state index in [-0.39, 0.29) is 0 Å². The zero-order chi connectivity index (χ0) is 6.08. The first kappa shape index (κ1) is 7.37. The lowest BCUT2D eigenvalue weighted by Gasteiger charge is -2.01. The van der Waals surface area contributed by atoms with Crippen molar-refractivity contribution < 1.29 is 13.2 Å². The highest BCUT2D eigenvalue weighted by Crippen LogP contribution is 2.34. The molecule has 0 bridgehead atoms. The van der Waals surface area contributed by atoms with E-state index < -0.39 is 11.0 Å². The quantitative estimate of drug-likeness (QED) is 0.506. The van der Waals surface area contributed by atoms with E-state index in [9.17, 15) is 13.2 Å². The molecule has 0 aromatic heterocycles. The fourth-order valence-electron chi connectivity index (χ4n) is 0. The van der Waals surface area contributed by atoms with Gasteiger partial charge < -0.3 is 0 Å². The van der Waals surface area contributed by atoms with Gasteiger partial charge in [-0.05, 0) is 11.6 Å². The van der Waals surface area contributed by atoms with Crippen LogP contribution in [0.1, 0.15) is 0 Å². The van der Waals surface area contributed by atoms with Gasteiger partial charge >= 0.3 is 11.0 Å². The maximum absolute atomic E-state index is 11.1. The Bertz CT molecular complexity index is 56.4. The standard InChI is InChI=1S/C2Cl2F3/c3-1(5)2(4,6)7. The maximum atomic E-state index is 11.1. The monoisotopic (exact) mass is 151 g/mol. The third-order valence-corrected chi connectivity index (χ3v) is 0.714. The Morgan fingerprint density at radius 1 is 1.43 bits per heavy atom. The maximum Gasteiger partial charge on any atom is 0.373 e. The second-order valence-corrected chi connectivity index (χ2v) is 1.56. The minimum absolute atomic E-state index is 2.10. The Balaban J connectivity index is 3.54. The largest absolute Gasteiger partial charge is 0.373 e. The molecule has 0 fully saturated rings. The van der Waals surface area contributed by atoms with E-state index in [0.29, 0.717) is 0 Å². The van der Waals surface area contributed by atoms with Crippen LogP contribution in [0.15, 0.2) is 0 Å². The molecule has 0 heterocycles. The lowest BCUT2D eigenvalue weighted by molar-refractivity contribution is 0.0916. The smallest absolute Gasteiger partial charge is 0.212 e. The lowest BCUT2D eigenvalue weighted by Crippen LogP contribution is -2.08. The van der Waals surface area contributed by atoms with Gasteiger partial charge in [-0.25, -0.2) is 4.39 Å². The number of alkyl halides is 3.